The third-order valence-corrected chi connectivity index (χ3v) is 2.79. The number of hydrogen-bond acceptors (Lipinski definition) is 3. The summed E-state index contributed by atoms with van der Waals surface area (Å²) in [4.78, 5) is 14.6. The van der Waals surface area contributed by atoms with Gasteiger partial charge in [-0.15, -0.1) is 0 Å². The molecule has 1 saturated heterocycles. The number of amides is 1. The smallest absolute Gasteiger partial charge is 0.401 e. The number of carbonyl (C=O) groups is 1. The predicted molar refractivity (Wildman–Crippen MR) is 57.1 cm³/mol. The quantitative estimate of drug-likeness (QED) is 0.812. The van der Waals surface area contributed by atoms with Crippen LogP contribution in [0, 0.1) is 0 Å². The second-order valence-corrected chi connectivity index (χ2v) is 4.16. The van der Waals surface area contributed by atoms with Crippen LogP contribution in [-0.4, -0.2) is 54.6 Å². The summed E-state index contributed by atoms with van der Waals surface area (Å²) in [6.45, 7) is 0.110. The number of furan rings is 1. The van der Waals surface area contributed by atoms with Crippen molar-refractivity contribution >= 4 is 5.91 Å². The van der Waals surface area contributed by atoms with Crippen LogP contribution >= 0.6 is 0 Å². The van der Waals surface area contributed by atoms with Crippen molar-refractivity contribution in [2.24, 2.45) is 0 Å². The van der Waals surface area contributed by atoms with Gasteiger partial charge in [-0.3, -0.25) is 9.69 Å². The molecule has 2 rings (SSSR count). The maximum absolute atomic E-state index is 12.2. The van der Waals surface area contributed by atoms with E-state index in [1.807, 2.05) is 0 Å². The minimum atomic E-state index is -4.19. The van der Waals surface area contributed by atoms with Gasteiger partial charge in [0.05, 0.1) is 12.8 Å². The van der Waals surface area contributed by atoms with Crippen molar-refractivity contribution in [2.45, 2.75) is 6.18 Å². The molecule has 2 heterocycles. The molecule has 0 aromatic carbocycles. The van der Waals surface area contributed by atoms with Crippen molar-refractivity contribution in [3.8, 4) is 0 Å². The lowest BCUT2D eigenvalue weighted by Crippen LogP contribution is -2.50. The van der Waals surface area contributed by atoms with E-state index in [4.69, 9.17) is 4.42 Å². The minimum absolute atomic E-state index is 0.222. The van der Waals surface area contributed by atoms with Crippen LogP contribution in [0.3, 0.4) is 0 Å². The lowest BCUT2D eigenvalue weighted by molar-refractivity contribution is -0.148. The van der Waals surface area contributed by atoms with Crippen LogP contribution in [-0.2, 0) is 0 Å². The molecule has 1 fully saturated rings. The van der Waals surface area contributed by atoms with Gasteiger partial charge in [-0.1, -0.05) is 0 Å². The number of alkyl halides is 3. The molecule has 1 aliphatic rings. The van der Waals surface area contributed by atoms with Gasteiger partial charge in [0.15, 0.2) is 5.76 Å². The summed E-state index contributed by atoms with van der Waals surface area (Å²) in [5.41, 5.74) is 0. The highest BCUT2D eigenvalue weighted by atomic mass is 19.4. The molecule has 0 spiro atoms. The number of piperazine rings is 1. The van der Waals surface area contributed by atoms with E-state index >= 15 is 0 Å². The summed E-state index contributed by atoms with van der Waals surface area (Å²) >= 11 is 0. The average molecular weight is 262 g/mol. The van der Waals surface area contributed by atoms with Gasteiger partial charge < -0.3 is 9.32 Å². The minimum Gasteiger partial charge on any atom is -0.459 e. The highest BCUT2D eigenvalue weighted by Gasteiger charge is 2.33. The van der Waals surface area contributed by atoms with Crippen LogP contribution in [0.5, 0.6) is 0 Å². The van der Waals surface area contributed by atoms with Crippen molar-refractivity contribution in [1.29, 1.82) is 0 Å². The Hall–Kier alpha value is -1.50. The summed E-state index contributed by atoms with van der Waals surface area (Å²) in [7, 11) is 0. The van der Waals surface area contributed by atoms with Crippen LogP contribution in [0.1, 0.15) is 10.6 Å². The molecule has 0 radical (unpaired) electrons. The lowest BCUT2D eigenvalue weighted by Gasteiger charge is -2.34. The first-order chi connectivity index (χ1) is 8.46. The molecule has 18 heavy (non-hydrogen) atoms. The summed E-state index contributed by atoms with van der Waals surface area (Å²) < 4.78 is 41.5. The van der Waals surface area contributed by atoms with E-state index in [0.29, 0.717) is 0 Å². The SMILES string of the molecule is O=C(c1ccco1)N1CCN(CC(F)(F)F)CC1. The predicted octanol–water partition coefficient (Wildman–Crippen LogP) is 1.60. The van der Waals surface area contributed by atoms with Gasteiger partial charge in [0.25, 0.3) is 5.91 Å². The summed E-state index contributed by atoms with van der Waals surface area (Å²) in [6.07, 6.45) is -2.79. The van der Waals surface area contributed by atoms with Gasteiger partial charge >= 0.3 is 6.18 Å². The van der Waals surface area contributed by atoms with Crippen LogP contribution in [0.15, 0.2) is 22.8 Å². The summed E-state index contributed by atoms with van der Waals surface area (Å²) in [5.74, 6) is -0.0501. The van der Waals surface area contributed by atoms with Crippen molar-refractivity contribution in [3.63, 3.8) is 0 Å². The van der Waals surface area contributed by atoms with E-state index in [9.17, 15) is 18.0 Å². The van der Waals surface area contributed by atoms with Crippen LogP contribution in [0.2, 0.25) is 0 Å². The molecule has 1 amide bonds. The van der Waals surface area contributed by atoms with Gasteiger partial charge in [-0.2, -0.15) is 13.2 Å². The standard InChI is InChI=1S/C11H13F3N2O2/c12-11(13,14)8-15-3-5-16(6-4-15)10(17)9-2-1-7-18-9/h1-2,7H,3-6,8H2. The Balaban J connectivity index is 1.85. The molecule has 1 aliphatic heterocycles. The third-order valence-electron chi connectivity index (χ3n) is 2.79. The highest BCUT2D eigenvalue weighted by Crippen LogP contribution is 2.18. The first kappa shape index (κ1) is 12.9. The van der Waals surface area contributed by atoms with E-state index in [1.54, 1.807) is 12.1 Å². The van der Waals surface area contributed by atoms with Crippen LogP contribution in [0.25, 0.3) is 0 Å². The second-order valence-electron chi connectivity index (χ2n) is 4.16. The Morgan fingerprint density at radius 1 is 1.28 bits per heavy atom. The summed E-state index contributed by atoms with van der Waals surface area (Å²) in [6, 6.07) is 3.15. The van der Waals surface area contributed by atoms with Crippen molar-refractivity contribution in [3.05, 3.63) is 24.2 Å². The zero-order chi connectivity index (χ0) is 13.2. The molecule has 0 atom stereocenters. The zero-order valence-corrected chi connectivity index (χ0v) is 9.61. The van der Waals surface area contributed by atoms with Crippen LogP contribution in [0.4, 0.5) is 13.2 Å². The first-order valence-corrected chi connectivity index (χ1v) is 5.57. The highest BCUT2D eigenvalue weighted by molar-refractivity contribution is 5.91. The molecule has 7 heteroatoms. The Morgan fingerprint density at radius 2 is 1.94 bits per heavy atom. The first-order valence-electron chi connectivity index (χ1n) is 5.57. The molecule has 0 bridgehead atoms. The van der Waals surface area contributed by atoms with Crippen molar-refractivity contribution < 1.29 is 22.4 Å². The average Bonchev–Trinajstić information content (AvgIpc) is 2.80. The number of carbonyl (C=O) groups excluding carboxylic acids is 1. The van der Waals surface area contributed by atoms with Gasteiger partial charge in [-0.25, -0.2) is 0 Å². The Morgan fingerprint density at radius 3 is 2.44 bits per heavy atom. The van der Waals surface area contributed by atoms with Gasteiger partial charge in [0.2, 0.25) is 0 Å². The van der Waals surface area contributed by atoms with Crippen LogP contribution < -0.4 is 0 Å². The monoisotopic (exact) mass is 262 g/mol. The number of nitrogens with zero attached hydrogens (tertiary/aromatic N) is 2. The number of hydrogen-bond donors (Lipinski definition) is 0. The maximum atomic E-state index is 12.2. The largest absolute Gasteiger partial charge is 0.459 e. The van der Waals surface area contributed by atoms with Crippen molar-refractivity contribution in [2.75, 3.05) is 32.7 Å². The molecule has 1 aromatic heterocycles. The van der Waals surface area contributed by atoms with E-state index < -0.39 is 12.7 Å². The normalized spacial score (nSPS) is 18.1. The Labute approximate surface area is 102 Å². The molecule has 1 aromatic rings. The number of rotatable bonds is 2. The fourth-order valence-electron chi connectivity index (χ4n) is 1.92. The lowest BCUT2D eigenvalue weighted by atomic mass is 10.3. The Bertz CT molecular complexity index is 395. The zero-order valence-electron chi connectivity index (χ0n) is 9.61. The molecular weight excluding hydrogens is 249 g/mol. The fourth-order valence-corrected chi connectivity index (χ4v) is 1.92. The second kappa shape index (κ2) is 5.01. The van der Waals surface area contributed by atoms with E-state index in [1.165, 1.54) is 16.1 Å². The van der Waals surface area contributed by atoms with E-state index in [-0.39, 0.29) is 37.8 Å². The fraction of sp³-hybridized carbons (Fsp3) is 0.545. The van der Waals surface area contributed by atoms with Gasteiger partial charge in [-0.05, 0) is 12.1 Å². The maximum Gasteiger partial charge on any atom is 0.401 e. The van der Waals surface area contributed by atoms with E-state index in [0.717, 1.165) is 0 Å². The molecule has 100 valence electrons. The molecular formula is C11H13F3N2O2. The molecule has 0 saturated carbocycles. The van der Waals surface area contributed by atoms with Crippen molar-refractivity contribution in [1.82, 2.24) is 9.80 Å². The van der Waals surface area contributed by atoms with Gasteiger partial charge in [0, 0.05) is 26.2 Å². The topological polar surface area (TPSA) is 36.7 Å². The molecule has 4 nitrogen and oxygen atoms in total. The summed E-state index contributed by atoms with van der Waals surface area (Å²) in [5, 5.41) is 0. The van der Waals surface area contributed by atoms with Gasteiger partial charge in [0.1, 0.15) is 0 Å². The molecule has 0 unspecified atom stereocenters. The van der Waals surface area contributed by atoms with E-state index in [2.05, 4.69) is 0 Å². The molecule has 0 aliphatic carbocycles. The molecule has 0 N–H and O–H groups in total. The Kier molecular flexibility index (Phi) is 3.60. The number of halogens is 3. The third kappa shape index (κ3) is 3.25.